The SMILES string of the molecule is Cc1cccc(N=C(NN)Nc2ccccc2)c1C. The first kappa shape index (κ1) is 13.1. The molecule has 0 unspecified atom stereocenters. The van der Waals surface area contributed by atoms with Crippen LogP contribution in [0.3, 0.4) is 0 Å². The third-order valence-electron chi connectivity index (χ3n) is 2.98. The van der Waals surface area contributed by atoms with E-state index in [4.69, 9.17) is 5.84 Å². The quantitative estimate of drug-likeness (QED) is 0.334. The van der Waals surface area contributed by atoms with E-state index in [1.807, 2.05) is 49.4 Å². The number of rotatable bonds is 2. The van der Waals surface area contributed by atoms with Crippen LogP contribution in [0.1, 0.15) is 11.1 Å². The van der Waals surface area contributed by atoms with Crippen molar-refractivity contribution in [2.75, 3.05) is 5.32 Å². The Hall–Kier alpha value is -2.33. The van der Waals surface area contributed by atoms with E-state index in [1.54, 1.807) is 0 Å². The number of nitrogens with two attached hydrogens (primary N) is 1. The Morgan fingerprint density at radius 2 is 1.74 bits per heavy atom. The van der Waals surface area contributed by atoms with Crippen molar-refractivity contribution in [3.05, 3.63) is 59.7 Å². The van der Waals surface area contributed by atoms with Gasteiger partial charge in [0.15, 0.2) is 0 Å². The second kappa shape index (κ2) is 6.02. The van der Waals surface area contributed by atoms with Gasteiger partial charge in [-0.25, -0.2) is 10.8 Å². The summed E-state index contributed by atoms with van der Waals surface area (Å²) in [6.07, 6.45) is 0. The van der Waals surface area contributed by atoms with Crippen molar-refractivity contribution in [1.82, 2.24) is 5.43 Å². The summed E-state index contributed by atoms with van der Waals surface area (Å²) in [5.41, 5.74) is 6.77. The minimum Gasteiger partial charge on any atom is -0.325 e. The number of nitrogens with zero attached hydrogens (tertiary/aromatic N) is 1. The summed E-state index contributed by atoms with van der Waals surface area (Å²) in [7, 11) is 0. The predicted molar refractivity (Wildman–Crippen MR) is 80.4 cm³/mol. The molecule has 0 radical (unpaired) electrons. The molecule has 0 aromatic heterocycles. The number of hydrogen-bond acceptors (Lipinski definition) is 2. The molecule has 4 heteroatoms. The van der Waals surface area contributed by atoms with Gasteiger partial charge in [-0.05, 0) is 43.2 Å². The van der Waals surface area contributed by atoms with Crippen molar-refractivity contribution in [3.63, 3.8) is 0 Å². The molecule has 0 aliphatic carbocycles. The van der Waals surface area contributed by atoms with Gasteiger partial charge in [-0.15, -0.1) is 0 Å². The number of benzene rings is 2. The minimum atomic E-state index is 0.514. The van der Waals surface area contributed by atoms with E-state index in [-0.39, 0.29) is 0 Å². The lowest BCUT2D eigenvalue weighted by Gasteiger charge is -2.10. The maximum atomic E-state index is 5.51. The highest BCUT2D eigenvalue weighted by Gasteiger charge is 2.02. The number of nitrogens with one attached hydrogen (secondary N) is 2. The van der Waals surface area contributed by atoms with E-state index >= 15 is 0 Å². The lowest BCUT2D eigenvalue weighted by molar-refractivity contribution is 1.02. The van der Waals surface area contributed by atoms with Crippen LogP contribution in [-0.2, 0) is 0 Å². The summed E-state index contributed by atoms with van der Waals surface area (Å²) in [6.45, 7) is 4.11. The molecule has 0 heterocycles. The average molecular weight is 254 g/mol. The number of hydrogen-bond donors (Lipinski definition) is 3. The number of aliphatic imine (C=N–C) groups is 1. The Morgan fingerprint density at radius 3 is 2.42 bits per heavy atom. The third-order valence-corrected chi connectivity index (χ3v) is 2.98. The first-order chi connectivity index (χ1) is 9.20. The van der Waals surface area contributed by atoms with E-state index in [9.17, 15) is 0 Å². The molecular formula is C15H18N4. The summed E-state index contributed by atoms with van der Waals surface area (Å²) < 4.78 is 0. The lowest BCUT2D eigenvalue weighted by Crippen LogP contribution is -2.36. The van der Waals surface area contributed by atoms with E-state index in [1.165, 1.54) is 5.56 Å². The zero-order chi connectivity index (χ0) is 13.7. The van der Waals surface area contributed by atoms with Crippen molar-refractivity contribution < 1.29 is 0 Å². The second-order valence-corrected chi connectivity index (χ2v) is 4.31. The van der Waals surface area contributed by atoms with Gasteiger partial charge in [0.25, 0.3) is 0 Å². The van der Waals surface area contributed by atoms with Gasteiger partial charge >= 0.3 is 0 Å². The topological polar surface area (TPSA) is 62.4 Å². The summed E-state index contributed by atoms with van der Waals surface area (Å²) in [5, 5.41) is 3.14. The standard InChI is InChI=1S/C15H18N4/c1-11-7-6-10-14(12(11)2)18-15(19-16)17-13-8-4-3-5-9-13/h3-10H,16H2,1-2H3,(H2,17,18,19). The molecule has 98 valence electrons. The van der Waals surface area contributed by atoms with Crippen LogP contribution in [0.15, 0.2) is 53.5 Å². The molecule has 0 bridgehead atoms. The smallest absolute Gasteiger partial charge is 0.215 e. The van der Waals surface area contributed by atoms with Gasteiger partial charge in [0, 0.05) is 5.69 Å². The number of guanidine groups is 1. The number of hydrazine groups is 1. The highest BCUT2D eigenvalue weighted by molar-refractivity contribution is 5.95. The van der Waals surface area contributed by atoms with Crippen LogP contribution in [0.4, 0.5) is 11.4 Å². The Labute approximate surface area is 113 Å². The second-order valence-electron chi connectivity index (χ2n) is 4.31. The van der Waals surface area contributed by atoms with Crippen molar-refractivity contribution in [3.8, 4) is 0 Å². The average Bonchev–Trinajstić information content (AvgIpc) is 2.44. The minimum absolute atomic E-state index is 0.514. The molecule has 19 heavy (non-hydrogen) atoms. The fraction of sp³-hybridized carbons (Fsp3) is 0.133. The fourth-order valence-corrected chi connectivity index (χ4v) is 1.73. The molecule has 0 saturated heterocycles. The van der Waals surface area contributed by atoms with Crippen LogP contribution in [0, 0.1) is 13.8 Å². The van der Waals surface area contributed by atoms with Crippen LogP contribution in [0.2, 0.25) is 0 Å². The number of anilines is 1. The highest BCUT2D eigenvalue weighted by Crippen LogP contribution is 2.21. The van der Waals surface area contributed by atoms with Gasteiger partial charge < -0.3 is 5.32 Å². The lowest BCUT2D eigenvalue weighted by atomic mass is 10.1. The number of aryl methyl sites for hydroxylation is 1. The molecule has 0 atom stereocenters. The molecular weight excluding hydrogens is 236 g/mol. The molecule has 2 aromatic rings. The fourth-order valence-electron chi connectivity index (χ4n) is 1.73. The van der Waals surface area contributed by atoms with Gasteiger partial charge in [0.05, 0.1) is 5.69 Å². The maximum absolute atomic E-state index is 5.51. The Bertz CT molecular complexity index is 576. The molecule has 0 aliphatic rings. The van der Waals surface area contributed by atoms with Crippen LogP contribution in [0.5, 0.6) is 0 Å². The van der Waals surface area contributed by atoms with Gasteiger partial charge in [-0.3, -0.25) is 5.43 Å². The van der Waals surface area contributed by atoms with Crippen molar-refractivity contribution in [1.29, 1.82) is 0 Å². The molecule has 0 amide bonds. The zero-order valence-electron chi connectivity index (χ0n) is 11.1. The summed E-state index contributed by atoms with van der Waals surface area (Å²) in [6, 6.07) is 15.8. The first-order valence-electron chi connectivity index (χ1n) is 6.14. The normalized spacial score (nSPS) is 11.2. The molecule has 4 nitrogen and oxygen atoms in total. The molecule has 2 aromatic carbocycles. The van der Waals surface area contributed by atoms with Crippen molar-refractivity contribution in [2.24, 2.45) is 10.8 Å². The summed E-state index contributed by atoms with van der Waals surface area (Å²) >= 11 is 0. The van der Waals surface area contributed by atoms with Crippen LogP contribution < -0.4 is 16.6 Å². The summed E-state index contributed by atoms with van der Waals surface area (Å²) in [5.74, 6) is 6.03. The zero-order valence-corrected chi connectivity index (χ0v) is 11.1. The van der Waals surface area contributed by atoms with Gasteiger partial charge in [-0.2, -0.15) is 0 Å². The molecule has 0 aliphatic heterocycles. The Morgan fingerprint density at radius 1 is 1.00 bits per heavy atom. The number of para-hydroxylation sites is 1. The van der Waals surface area contributed by atoms with E-state index < -0.39 is 0 Å². The first-order valence-corrected chi connectivity index (χ1v) is 6.14. The molecule has 2 rings (SSSR count). The largest absolute Gasteiger partial charge is 0.325 e. The van der Waals surface area contributed by atoms with Crippen molar-refractivity contribution in [2.45, 2.75) is 13.8 Å². The monoisotopic (exact) mass is 254 g/mol. The third kappa shape index (κ3) is 3.33. The highest BCUT2D eigenvalue weighted by atomic mass is 15.3. The molecule has 0 saturated carbocycles. The van der Waals surface area contributed by atoms with E-state index in [2.05, 4.69) is 28.7 Å². The summed E-state index contributed by atoms with van der Waals surface area (Å²) in [4.78, 5) is 4.50. The Kier molecular flexibility index (Phi) is 4.15. The van der Waals surface area contributed by atoms with Crippen LogP contribution in [-0.4, -0.2) is 5.96 Å². The van der Waals surface area contributed by atoms with Crippen LogP contribution in [0.25, 0.3) is 0 Å². The van der Waals surface area contributed by atoms with Crippen LogP contribution >= 0.6 is 0 Å². The van der Waals surface area contributed by atoms with Crippen molar-refractivity contribution >= 4 is 17.3 Å². The Balaban J connectivity index is 2.26. The van der Waals surface area contributed by atoms with Gasteiger partial charge in [0.1, 0.15) is 0 Å². The molecule has 4 N–H and O–H groups in total. The van der Waals surface area contributed by atoms with E-state index in [0.29, 0.717) is 5.96 Å². The predicted octanol–water partition coefficient (Wildman–Crippen LogP) is 2.87. The van der Waals surface area contributed by atoms with E-state index in [0.717, 1.165) is 16.9 Å². The molecule has 0 fully saturated rings. The van der Waals surface area contributed by atoms with Gasteiger partial charge in [0.2, 0.25) is 5.96 Å². The van der Waals surface area contributed by atoms with Gasteiger partial charge in [-0.1, -0.05) is 30.3 Å². The molecule has 0 spiro atoms. The maximum Gasteiger partial charge on any atom is 0.215 e.